The van der Waals surface area contributed by atoms with Crippen molar-refractivity contribution in [2.24, 2.45) is 5.14 Å². The molecule has 3 rings (SSSR count). The maximum atomic E-state index is 11.5. The van der Waals surface area contributed by atoms with E-state index in [4.69, 9.17) is 11.6 Å². The molecule has 0 spiro atoms. The van der Waals surface area contributed by atoms with E-state index in [0.29, 0.717) is 22.6 Å². The Kier molecular flexibility index (Phi) is 3.65. The summed E-state index contributed by atoms with van der Waals surface area (Å²) in [7, 11) is -3.78. The van der Waals surface area contributed by atoms with E-state index in [-0.39, 0.29) is 13.1 Å². The molecule has 1 aromatic heterocycles. The number of aromatic nitrogens is 2. The van der Waals surface area contributed by atoms with E-state index in [2.05, 4.69) is 15.5 Å². The molecule has 0 saturated heterocycles. The zero-order chi connectivity index (χ0) is 16.6. The van der Waals surface area contributed by atoms with Crippen LogP contribution in [0.25, 0.3) is 11.3 Å². The molecule has 0 unspecified atom stereocenters. The van der Waals surface area contributed by atoms with Crippen molar-refractivity contribution in [2.45, 2.75) is 13.1 Å². The highest BCUT2D eigenvalue weighted by molar-refractivity contribution is 7.86. The van der Waals surface area contributed by atoms with Gasteiger partial charge in [0.25, 0.3) is 16.1 Å². The molecule has 1 aromatic carbocycles. The zero-order valence-corrected chi connectivity index (χ0v) is 12.7. The fraction of sp³-hybridized carbons (Fsp3) is 0.143. The first kappa shape index (κ1) is 15.2. The van der Waals surface area contributed by atoms with Gasteiger partial charge in [0.05, 0.1) is 23.6 Å². The van der Waals surface area contributed by atoms with Crippen LogP contribution in [-0.2, 0) is 28.1 Å². The standard InChI is InChI=1S/C14H13N5O3S/c1-2-13(20)16-11-6-4-3-5-9(11)14-10-7-19(23(15,21)22)8-12(10)17-18-14/h1,3-6H,7-8H2,(H,16,20)(H,17,18)(H2,15,21,22). The van der Waals surface area contributed by atoms with Crippen molar-refractivity contribution in [3.05, 3.63) is 35.5 Å². The summed E-state index contributed by atoms with van der Waals surface area (Å²) in [6.07, 6.45) is 5.07. The molecule has 4 N–H and O–H groups in total. The minimum Gasteiger partial charge on any atom is -0.315 e. The van der Waals surface area contributed by atoms with Gasteiger partial charge in [-0.2, -0.15) is 17.8 Å². The summed E-state index contributed by atoms with van der Waals surface area (Å²) in [5, 5.41) is 14.8. The molecule has 2 aromatic rings. The number of rotatable bonds is 3. The summed E-state index contributed by atoms with van der Waals surface area (Å²) >= 11 is 0. The van der Waals surface area contributed by atoms with Crippen LogP contribution in [0.5, 0.6) is 0 Å². The van der Waals surface area contributed by atoms with Gasteiger partial charge in [0.2, 0.25) is 0 Å². The first-order valence-electron chi connectivity index (χ1n) is 6.61. The second kappa shape index (κ2) is 5.51. The molecular formula is C14H13N5O3S. The first-order chi connectivity index (χ1) is 10.9. The van der Waals surface area contributed by atoms with Gasteiger partial charge < -0.3 is 5.32 Å². The van der Waals surface area contributed by atoms with Crippen molar-refractivity contribution in [1.82, 2.24) is 14.5 Å². The van der Waals surface area contributed by atoms with Gasteiger partial charge in [0.15, 0.2) is 0 Å². The summed E-state index contributed by atoms with van der Waals surface area (Å²) in [6, 6.07) is 6.99. The topological polar surface area (TPSA) is 121 Å². The van der Waals surface area contributed by atoms with Crippen LogP contribution in [0.15, 0.2) is 24.3 Å². The summed E-state index contributed by atoms with van der Waals surface area (Å²) in [5.41, 5.74) is 3.09. The number of nitrogens with two attached hydrogens (primary N) is 1. The summed E-state index contributed by atoms with van der Waals surface area (Å²) < 4.78 is 24.1. The van der Waals surface area contributed by atoms with E-state index >= 15 is 0 Å². The molecular weight excluding hydrogens is 318 g/mol. The van der Waals surface area contributed by atoms with Crippen LogP contribution in [0.4, 0.5) is 5.69 Å². The predicted octanol–water partition coefficient (Wildman–Crippen LogP) is 0.167. The van der Waals surface area contributed by atoms with Gasteiger partial charge in [-0.15, -0.1) is 6.42 Å². The number of amides is 1. The van der Waals surface area contributed by atoms with E-state index in [9.17, 15) is 13.2 Å². The van der Waals surface area contributed by atoms with Gasteiger partial charge in [0, 0.05) is 17.7 Å². The third-order valence-corrected chi connectivity index (χ3v) is 4.52. The number of hydrogen-bond acceptors (Lipinski definition) is 4. The Balaban J connectivity index is 2.01. The van der Waals surface area contributed by atoms with Crippen LogP contribution in [0.2, 0.25) is 0 Å². The molecule has 1 aliphatic rings. The van der Waals surface area contributed by atoms with Crippen molar-refractivity contribution >= 4 is 21.8 Å². The van der Waals surface area contributed by atoms with Crippen LogP contribution in [0, 0.1) is 12.3 Å². The molecule has 1 aliphatic heterocycles. The number of carbonyl (C=O) groups is 1. The van der Waals surface area contributed by atoms with Gasteiger partial charge in [-0.1, -0.05) is 18.2 Å². The number of terminal acetylenes is 1. The largest absolute Gasteiger partial charge is 0.315 e. The average molecular weight is 331 g/mol. The normalized spacial score (nSPS) is 14.3. The van der Waals surface area contributed by atoms with E-state index < -0.39 is 16.1 Å². The number of fused-ring (bicyclic) bond motifs is 1. The molecule has 0 saturated carbocycles. The van der Waals surface area contributed by atoms with Crippen LogP contribution in [-0.4, -0.2) is 28.8 Å². The summed E-state index contributed by atoms with van der Waals surface area (Å²) in [5.74, 6) is 1.41. The van der Waals surface area contributed by atoms with Crippen molar-refractivity contribution < 1.29 is 13.2 Å². The highest BCUT2D eigenvalue weighted by Crippen LogP contribution is 2.34. The molecule has 0 bridgehead atoms. The van der Waals surface area contributed by atoms with Crippen LogP contribution >= 0.6 is 0 Å². The minimum atomic E-state index is -3.78. The van der Waals surface area contributed by atoms with Crippen molar-refractivity contribution in [3.8, 4) is 23.6 Å². The Hall–Kier alpha value is -2.67. The molecule has 1 amide bonds. The highest BCUT2D eigenvalue weighted by Gasteiger charge is 2.31. The number of H-pyrrole nitrogens is 1. The smallest absolute Gasteiger partial charge is 0.300 e. The Labute approximate surface area is 132 Å². The Morgan fingerprint density at radius 2 is 2.13 bits per heavy atom. The van der Waals surface area contributed by atoms with Gasteiger partial charge in [-0.25, -0.2) is 5.14 Å². The molecule has 9 heteroatoms. The van der Waals surface area contributed by atoms with Gasteiger partial charge >= 0.3 is 0 Å². The van der Waals surface area contributed by atoms with Crippen LogP contribution in [0.1, 0.15) is 11.3 Å². The number of aromatic amines is 1. The quantitative estimate of drug-likeness (QED) is 0.694. The zero-order valence-electron chi connectivity index (χ0n) is 11.9. The third kappa shape index (κ3) is 2.83. The molecule has 2 heterocycles. The Bertz CT molecular complexity index is 926. The number of nitrogens with zero attached hydrogens (tertiary/aromatic N) is 2. The lowest BCUT2D eigenvalue weighted by molar-refractivity contribution is -0.111. The van der Waals surface area contributed by atoms with Crippen LogP contribution < -0.4 is 10.5 Å². The lowest BCUT2D eigenvalue weighted by atomic mass is 10.1. The van der Waals surface area contributed by atoms with Gasteiger partial charge in [0.1, 0.15) is 0 Å². The highest BCUT2D eigenvalue weighted by atomic mass is 32.2. The second-order valence-electron chi connectivity index (χ2n) is 4.99. The van der Waals surface area contributed by atoms with E-state index in [0.717, 1.165) is 9.87 Å². The van der Waals surface area contributed by atoms with Crippen molar-refractivity contribution in [3.63, 3.8) is 0 Å². The van der Waals surface area contributed by atoms with E-state index in [1.807, 2.05) is 5.92 Å². The molecule has 118 valence electrons. The maximum Gasteiger partial charge on any atom is 0.300 e. The fourth-order valence-corrected chi connectivity index (χ4v) is 3.09. The van der Waals surface area contributed by atoms with Crippen molar-refractivity contribution in [2.75, 3.05) is 5.32 Å². The average Bonchev–Trinajstić information content (AvgIpc) is 3.07. The van der Waals surface area contributed by atoms with E-state index in [1.165, 1.54) is 0 Å². The number of hydrogen-bond donors (Lipinski definition) is 3. The molecule has 0 aliphatic carbocycles. The molecule has 0 atom stereocenters. The van der Waals surface area contributed by atoms with Crippen molar-refractivity contribution in [1.29, 1.82) is 0 Å². The molecule has 23 heavy (non-hydrogen) atoms. The van der Waals surface area contributed by atoms with Crippen LogP contribution in [0.3, 0.4) is 0 Å². The minimum absolute atomic E-state index is 0.122. The predicted molar refractivity (Wildman–Crippen MR) is 83.8 cm³/mol. The second-order valence-corrected chi connectivity index (χ2v) is 6.53. The fourth-order valence-electron chi connectivity index (χ4n) is 2.47. The number of nitrogens with one attached hydrogen (secondary N) is 2. The summed E-state index contributed by atoms with van der Waals surface area (Å²) in [6.45, 7) is 0.261. The Morgan fingerprint density at radius 3 is 2.83 bits per heavy atom. The molecule has 8 nitrogen and oxygen atoms in total. The molecule has 0 fully saturated rings. The van der Waals surface area contributed by atoms with Gasteiger partial charge in [-0.3, -0.25) is 9.89 Å². The maximum absolute atomic E-state index is 11.5. The van der Waals surface area contributed by atoms with Gasteiger partial charge in [-0.05, 0) is 12.0 Å². The Morgan fingerprint density at radius 1 is 1.39 bits per heavy atom. The number of benzene rings is 1. The summed E-state index contributed by atoms with van der Waals surface area (Å²) in [4.78, 5) is 11.4. The first-order valence-corrected chi connectivity index (χ1v) is 8.11. The molecule has 0 radical (unpaired) electrons. The number of carbonyl (C=O) groups excluding carboxylic acids is 1. The third-order valence-electron chi connectivity index (χ3n) is 3.54. The SMILES string of the molecule is C#CC(=O)Nc1ccccc1-c1n[nH]c2c1CN(S(N)(=O)=O)C2. The van der Waals surface area contributed by atoms with E-state index in [1.54, 1.807) is 24.3 Å². The monoisotopic (exact) mass is 331 g/mol. The lowest BCUT2D eigenvalue weighted by Gasteiger charge is -2.12. The number of anilines is 1. The number of para-hydroxylation sites is 1. The lowest BCUT2D eigenvalue weighted by Crippen LogP contribution is -2.32.